The molecule has 2 aliphatic rings. The Morgan fingerprint density at radius 1 is 1.50 bits per heavy atom. The molecule has 0 spiro atoms. The van der Waals surface area contributed by atoms with Crippen LogP contribution in [-0.2, 0) is 4.79 Å². The third-order valence-electron chi connectivity index (χ3n) is 4.00. The fourth-order valence-electron chi connectivity index (χ4n) is 2.77. The summed E-state index contributed by atoms with van der Waals surface area (Å²) >= 11 is 0. The molecule has 0 radical (unpaired) electrons. The highest BCUT2D eigenvalue weighted by molar-refractivity contribution is 5.83. The van der Waals surface area contributed by atoms with Gasteiger partial charge in [0.05, 0.1) is 6.04 Å². The lowest BCUT2D eigenvalue weighted by Gasteiger charge is -2.52. The molecule has 1 unspecified atom stereocenters. The third-order valence-corrected chi connectivity index (χ3v) is 4.00. The smallest absolute Gasteiger partial charge is 0.239 e. The Labute approximate surface area is 85.6 Å². The molecule has 1 saturated carbocycles. The van der Waals surface area contributed by atoms with Crippen molar-refractivity contribution >= 4 is 5.91 Å². The van der Waals surface area contributed by atoms with E-state index in [4.69, 9.17) is 5.73 Å². The van der Waals surface area contributed by atoms with Gasteiger partial charge in [-0.05, 0) is 38.5 Å². The normalized spacial score (nSPS) is 31.4. The van der Waals surface area contributed by atoms with Gasteiger partial charge >= 0.3 is 0 Å². The van der Waals surface area contributed by atoms with E-state index in [-0.39, 0.29) is 17.5 Å². The van der Waals surface area contributed by atoms with E-state index in [2.05, 4.69) is 11.8 Å². The van der Waals surface area contributed by atoms with Crippen LogP contribution in [0.15, 0.2) is 0 Å². The average molecular weight is 196 g/mol. The molecule has 2 rings (SSSR count). The molecule has 2 fully saturated rings. The van der Waals surface area contributed by atoms with Crippen molar-refractivity contribution in [3.05, 3.63) is 0 Å². The van der Waals surface area contributed by atoms with Crippen molar-refractivity contribution in [2.45, 2.75) is 57.0 Å². The van der Waals surface area contributed by atoms with E-state index in [9.17, 15) is 4.79 Å². The van der Waals surface area contributed by atoms with Crippen LogP contribution in [0.25, 0.3) is 0 Å². The number of carbonyl (C=O) groups excluding carboxylic acids is 1. The monoisotopic (exact) mass is 196 g/mol. The zero-order valence-corrected chi connectivity index (χ0v) is 8.96. The van der Waals surface area contributed by atoms with Crippen LogP contribution in [0.2, 0.25) is 0 Å². The predicted molar refractivity (Wildman–Crippen MR) is 55.8 cm³/mol. The topological polar surface area (TPSA) is 46.3 Å². The number of hydrogen-bond acceptors (Lipinski definition) is 2. The van der Waals surface area contributed by atoms with Crippen molar-refractivity contribution in [2.75, 3.05) is 6.54 Å². The molecule has 1 aliphatic carbocycles. The SMILES string of the molecule is CCC1(N2CCCC(N)C2=O)CCC1. The van der Waals surface area contributed by atoms with Gasteiger partial charge in [0, 0.05) is 12.1 Å². The van der Waals surface area contributed by atoms with Crippen LogP contribution in [0.4, 0.5) is 0 Å². The Balaban J connectivity index is 2.11. The minimum atomic E-state index is -0.229. The van der Waals surface area contributed by atoms with E-state index >= 15 is 0 Å². The van der Waals surface area contributed by atoms with Crippen LogP contribution in [0.3, 0.4) is 0 Å². The van der Waals surface area contributed by atoms with Gasteiger partial charge in [0.2, 0.25) is 5.91 Å². The lowest BCUT2D eigenvalue weighted by atomic mass is 9.72. The number of amides is 1. The van der Waals surface area contributed by atoms with Gasteiger partial charge < -0.3 is 10.6 Å². The first kappa shape index (κ1) is 9.97. The second-order valence-electron chi connectivity index (χ2n) is 4.67. The summed E-state index contributed by atoms with van der Waals surface area (Å²) in [5.74, 6) is 0.192. The first-order valence-electron chi connectivity index (χ1n) is 5.77. The predicted octanol–water partition coefficient (Wildman–Crippen LogP) is 1.27. The molecule has 1 aliphatic heterocycles. The van der Waals surface area contributed by atoms with Crippen LogP contribution >= 0.6 is 0 Å². The molecule has 80 valence electrons. The molecule has 0 aromatic rings. The second-order valence-corrected chi connectivity index (χ2v) is 4.67. The number of nitrogens with zero attached hydrogens (tertiary/aromatic N) is 1. The summed E-state index contributed by atoms with van der Waals surface area (Å²) in [6, 6.07) is -0.229. The average Bonchev–Trinajstić information content (AvgIpc) is 2.11. The summed E-state index contributed by atoms with van der Waals surface area (Å²) in [5, 5.41) is 0. The van der Waals surface area contributed by atoms with E-state index in [1.165, 1.54) is 19.3 Å². The van der Waals surface area contributed by atoms with Crippen LogP contribution in [0.5, 0.6) is 0 Å². The van der Waals surface area contributed by atoms with Crippen molar-refractivity contribution in [3.63, 3.8) is 0 Å². The second kappa shape index (κ2) is 3.54. The molecular formula is C11H20N2O. The van der Waals surface area contributed by atoms with E-state index in [0.717, 1.165) is 25.8 Å². The van der Waals surface area contributed by atoms with Crippen molar-refractivity contribution in [1.82, 2.24) is 4.90 Å². The van der Waals surface area contributed by atoms with E-state index < -0.39 is 0 Å². The van der Waals surface area contributed by atoms with Gasteiger partial charge in [-0.3, -0.25) is 4.79 Å². The highest BCUT2D eigenvalue weighted by Crippen LogP contribution is 2.41. The summed E-state index contributed by atoms with van der Waals surface area (Å²) in [6.07, 6.45) is 6.67. The van der Waals surface area contributed by atoms with Crippen LogP contribution < -0.4 is 5.73 Å². The molecular weight excluding hydrogens is 176 g/mol. The number of piperidine rings is 1. The van der Waals surface area contributed by atoms with Gasteiger partial charge in [0.25, 0.3) is 0 Å². The molecule has 1 atom stereocenters. The molecule has 1 amide bonds. The van der Waals surface area contributed by atoms with Crippen molar-refractivity contribution in [1.29, 1.82) is 0 Å². The highest BCUT2D eigenvalue weighted by Gasteiger charge is 2.45. The maximum absolute atomic E-state index is 11.9. The Bertz CT molecular complexity index is 230. The summed E-state index contributed by atoms with van der Waals surface area (Å²) in [7, 11) is 0. The Morgan fingerprint density at radius 2 is 2.21 bits per heavy atom. The molecule has 14 heavy (non-hydrogen) atoms. The van der Waals surface area contributed by atoms with Crippen LogP contribution in [0, 0.1) is 0 Å². The first-order valence-corrected chi connectivity index (χ1v) is 5.77. The van der Waals surface area contributed by atoms with E-state index in [0.29, 0.717) is 0 Å². The Morgan fingerprint density at radius 3 is 2.71 bits per heavy atom. The quantitative estimate of drug-likeness (QED) is 0.723. The van der Waals surface area contributed by atoms with Gasteiger partial charge in [-0.25, -0.2) is 0 Å². The van der Waals surface area contributed by atoms with Gasteiger partial charge in [-0.15, -0.1) is 0 Å². The molecule has 0 bridgehead atoms. The summed E-state index contributed by atoms with van der Waals surface area (Å²) in [6.45, 7) is 3.12. The van der Waals surface area contributed by atoms with E-state index in [1.54, 1.807) is 0 Å². The number of nitrogens with two attached hydrogens (primary N) is 1. The third kappa shape index (κ3) is 1.34. The zero-order chi connectivity index (χ0) is 10.2. The lowest BCUT2D eigenvalue weighted by molar-refractivity contribution is -0.146. The van der Waals surface area contributed by atoms with Crippen molar-refractivity contribution in [3.8, 4) is 0 Å². The zero-order valence-electron chi connectivity index (χ0n) is 8.96. The van der Waals surface area contributed by atoms with Gasteiger partial charge in [0.15, 0.2) is 0 Å². The number of carbonyl (C=O) groups is 1. The number of rotatable bonds is 2. The van der Waals surface area contributed by atoms with Gasteiger partial charge in [0.1, 0.15) is 0 Å². The van der Waals surface area contributed by atoms with Crippen molar-refractivity contribution < 1.29 is 4.79 Å². The van der Waals surface area contributed by atoms with Crippen LogP contribution in [0.1, 0.15) is 45.4 Å². The largest absolute Gasteiger partial charge is 0.336 e. The molecule has 1 saturated heterocycles. The minimum absolute atomic E-state index is 0.190. The summed E-state index contributed by atoms with van der Waals surface area (Å²) < 4.78 is 0. The van der Waals surface area contributed by atoms with E-state index in [1.807, 2.05) is 0 Å². The Kier molecular flexibility index (Phi) is 2.52. The van der Waals surface area contributed by atoms with Gasteiger partial charge in [-0.1, -0.05) is 6.92 Å². The van der Waals surface area contributed by atoms with Crippen LogP contribution in [-0.4, -0.2) is 28.9 Å². The molecule has 3 nitrogen and oxygen atoms in total. The maximum Gasteiger partial charge on any atom is 0.239 e. The Hall–Kier alpha value is -0.570. The summed E-state index contributed by atoms with van der Waals surface area (Å²) in [5.41, 5.74) is 6.00. The first-order chi connectivity index (χ1) is 6.69. The molecule has 1 heterocycles. The van der Waals surface area contributed by atoms with Crippen molar-refractivity contribution in [2.24, 2.45) is 5.73 Å². The standard InChI is InChI=1S/C11H20N2O/c1-2-11(6-4-7-11)13-8-3-5-9(12)10(13)14/h9H,2-8,12H2,1H3. The van der Waals surface area contributed by atoms with Gasteiger partial charge in [-0.2, -0.15) is 0 Å². The summed E-state index contributed by atoms with van der Waals surface area (Å²) in [4.78, 5) is 14.0. The number of likely N-dealkylation sites (tertiary alicyclic amines) is 1. The molecule has 0 aromatic heterocycles. The maximum atomic E-state index is 11.9. The molecule has 2 N–H and O–H groups in total. The lowest BCUT2D eigenvalue weighted by Crippen LogP contribution is -2.61. The fourth-order valence-corrected chi connectivity index (χ4v) is 2.77. The molecule has 3 heteroatoms. The highest BCUT2D eigenvalue weighted by atomic mass is 16.2. The number of hydrogen-bond donors (Lipinski definition) is 1. The minimum Gasteiger partial charge on any atom is -0.336 e. The molecule has 0 aromatic carbocycles. The fraction of sp³-hybridized carbons (Fsp3) is 0.909.